The molecule has 0 radical (unpaired) electrons. The summed E-state index contributed by atoms with van der Waals surface area (Å²) in [6, 6.07) is 1.70. The van der Waals surface area contributed by atoms with Crippen molar-refractivity contribution in [3.05, 3.63) is 18.6 Å². The summed E-state index contributed by atoms with van der Waals surface area (Å²) >= 11 is 0. The second kappa shape index (κ2) is 6.69. The fourth-order valence-corrected chi connectivity index (χ4v) is 2.70. The molecule has 1 saturated heterocycles. The van der Waals surface area contributed by atoms with E-state index < -0.39 is 24.5 Å². The molecule has 3 heterocycles. The van der Waals surface area contributed by atoms with Crippen LogP contribution in [0.1, 0.15) is 6.23 Å². The summed E-state index contributed by atoms with van der Waals surface area (Å²) in [5.41, 5.74) is 6.94. The van der Waals surface area contributed by atoms with Gasteiger partial charge in [-0.15, -0.1) is 0 Å². The molecule has 1 aliphatic heterocycles. The van der Waals surface area contributed by atoms with Crippen molar-refractivity contribution in [2.24, 2.45) is 0 Å². The number of hydrogen-bond donors (Lipinski definition) is 4. The van der Waals surface area contributed by atoms with Crippen LogP contribution in [0, 0.1) is 0 Å². The highest BCUT2D eigenvalue weighted by Crippen LogP contribution is 2.34. The number of imidazole rings is 1. The van der Waals surface area contributed by atoms with Crippen LogP contribution in [-0.4, -0.2) is 69.2 Å². The van der Waals surface area contributed by atoms with Gasteiger partial charge in [0.2, 0.25) is 5.91 Å². The van der Waals surface area contributed by atoms with E-state index in [9.17, 15) is 15.0 Å². The number of amides is 1. The van der Waals surface area contributed by atoms with Crippen LogP contribution in [-0.2, 0) is 14.3 Å². The zero-order valence-corrected chi connectivity index (χ0v) is 13.0. The number of fused-ring (bicyclic) bond motifs is 1. The Morgan fingerprint density at radius 3 is 3.04 bits per heavy atom. The van der Waals surface area contributed by atoms with Gasteiger partial charge in [-0.2, -0.15) is 0 Å². The molecule has 0 bridgehead atoms. The van der Waals surface area contributed by atoms with E-state index in [-0.39, 0.29) is 24.9 Å². The van der Waals surface area contributed by atoms with Crippen molar-refractivity contribution in [2.45, 2.75) is 24.5 Å². The number of ether oxygens (including phenoxy) is 2. The Morgan fingerprint density at radius 2 is 2.33 bits per heavy atom. The van der Waals surface area contributed by atoms with Gasteiger partial charge in [0.1, 0.15) is 30.4 Å². The maximum atomic E-state index is 11.4. The molecule has 3 rings (SSSR count). The molecule has 0 aromatic carbocycles. The summed E-state index contributed by atoms with van der Waals surface area (Å²) in [5, 5.41) is 22.1. The van der Waals surface area contributed by atoms with Gasteiger partial charge >= 0.3 is 0 Å². The fraction of sp³-hybridized carbons (Fsp3) is 0.500. The van der Waals surface area contributed by atoms with E-state index in [2.05, 4.69) is 15.3 Å². The van der Waals surface area contributed by atoms with Crippen molar-refractivity contribution in [3.63, 3.8) is 0 Å². The molecule has 0 spiro atoms. The topological polar surface area (TPSA) is 145 Å². The van der Waals surface area contributed by atoms with Crippen molar-refractivity contribution in [3.8, 4) is 0 Å². The van der Waals surface area contributed by atoms with Crippen molar-refractivity contribution >= 4 is 22.8 Å². The number of rotatable bonds is 5. The normalized spacial score (nSPS) is 26.8. The second-order valence-electron chi connectivity index (χ2n) is 5.40. The maximum Gasteiger partial charge on any atom is 0.245 e. The first kappa shape index (κ1) is 16.6. The number of aromatic nitrogens is 3. The van der Waals surface area contributed by atoms with Gasteiger partial charge in [-0.05, 0) is 6.07 Å². The Balaban J connectivity index is 1.93. The van der Waals surface area contributed by atoms with E-state index in [1.54, 1.807) is 10.6 Å². The molecule has 0 aliphatic carbocycles. The van der Waals surface area contributed by atoms with Crippen LogP contribution in [0.4, 0.5) is 5.82 Å². The van der Waals surface area contributed by atoms with Crippen molar-refractivity contribution in [1.29, 1.82) is 0 Å². The van der Waals surface area contributed by atoms with Gasteiger partial charge in [-0.25, -0.2) is 9.97 Å². The Kier molecular flexibility index (Phi) is 4.62. The Hall–Kier alpha value is -2.27. The SMILES string of the molecule is CNC(=O)CO[C@@H]1[C@H](O)[C@@H](CO)O[C@H]1n1cnc2c(N)nccc21. The first-order valence-electron chi connectivity index (χ1n) is 7.40. The molecule has 10 heteroatoms. The molecular weight excluding hydrogens is 318 g/mol. The Labute approximate surface area is 137 Å². The van der Waals surface area contributed by atoms with E-state index in [4.69, 9.17) is 15.2 Å². The molecule has 1 fully saturated rings. The van der Waals surface area contributed by atoms with Crippen LogP contribution in [0.5, 0.6) is 0 Å². The van der Waals surface area contributed by atoms with Crippen molar-refractivity contribution in [2.75, 3.05) is 26.0 Å². The van der Waals surface area contributed by atoms with Gasteiger partial charge in [0.05, 0.1) is 18.5 Å². The summed E-state index contributed by atoms with van der Waals surface area (Å²) in [7, 11) is 1.49. The number of likely N-dealkylation sites (N-methyl/N-ethyl adjacent to an activating group) is 1. The summed E-state index contributed by atoms with van der Waals surface area (Å²) in [4.78, 5) is 19.6. The fourth-order valence-electron chi connectivity index (χ4n) is 2.70. The highest BCUT2D eigenvalue weighted by atomic mass is 16.6. The second-order valence-corrected chi connectivity index (χ2v) is 5.40. The number of carbonyl (C=O) groups excluding carboxylic acids is 1. The molecule has 2 aromatic heterocycles. The lowest BCUT2D eigenvalue weighted by Crippen LogP contribution is -2.38. The number of aliphatic hydroxyl groups is 2. The first-order chi connectivity index (χ1) is 11.6. The Bertz CT molecular complexity index is 735. The molecule has 130 valence electrons. The minimum atomic E-state index is -1.10. The van der Waals surface area contributed by atoms with E-state index in [0.29, 0.717) is 11.0 Å². The van der Waals surface area contributed by atoms with Crippen LogP contribution < -0.4 is 11.1 Å². The van der Waals surface area contributed by atoms with Gasteiger partial charge in [0.15, 0.2) is 12.0 Å². The number of pyridine rings is 1. The first-order valence-corrected chi connectivity index (χ1v) is 7.40. The summed E-state index contributed by atoms with van der Waals surface area (Å²) < 4.78 is 12.9. The number of anilines is 1. The largest absolute Gasteiger partial charge is 0.394 e. The lowest BCUT2D eigenvalue weighted by molar-refractivity contribution is -0.132. The molecule has 4 atom stereocenters. The van der Waals surface area contributed by atoms with Crippen molar-refractivity contribution in [1.82, 2.24) is 19.9 Å². The standard InChI is InChI=1S/C14H19N5O5/c1-16-9(21)5-23-12-11(22)8(4-20)24-14(12)19-6-18-10-7(19)2-3-17-13(10)15/h2-3,6,8,11-12,14,20,22H,4-5H2,1H3,(H2,15,17)(H,16,21)/t8-,11-,12-,14-/m1/s1. The summed E-state index contributed by atoms with van der Waals surface area (Å²) in [6.07, 6.45) is -0.524. The van der Waals surface area contributed by atoms with E-state index in [0.717, 1.165) is 0 Å². The molecule has 0 unspecified atom stereocenters. The lowest BCUT2D eigenvalue weighted by atomic mass is 10.1. The molecule has 10 nitrogen and oxygen atoms in total. The predicted octanol–water partition coefficient (Wildman–Crippen LogP) is -1.60. The number of carbonyl (C=O) groups is 1. The van der Waals surface area contributed by atoms with E-state index in [1.807, 2.05) is 0 Å². The number of nitrogens with one attached hydrogen (secondary N) is 1. The van der Waals surface area contributed by atoms with Crippen LogP contribution >= 0.6 is 0 Å². The quantitative estimate of drug-likeness (QED) is 0.510. The molecule has 0 saturated carbocycles. The number of nitrogen functional groups attached to an aromatic ring is 1. The molecule has 24 heavy (non-hydrogen) atoms. The third kappa shape index (κ3) is 2.80. The minimum Gasteiger partial charge on any atom is -0.394 e. The highest BCUT2D eigenvalue weighted by Gasteiger charge is 2.45. The predicted molar refractivity (Wildman–Crippen MR) is 82.7 cm³/mol. The smallest absolute Gasteiger partial charge is 0.245 e. The number of nitrogens with zero attached hydrogens (tertiary/aromatic N) is 3. The average molecular weight is 337 g/mol. The summed E-state index contributed by atoms with van der Waals surface area (Å²) in [5.74, 6) is -0.0661. The van der Waals surface area contributed by atoms with Crippen LogP contribution in [0.15, 0.2) is 18.6 Å². The number of nitrogens with two attached hydrogens (primary N) is 1. The molecule has 1 aliphatic rings. The number of hydrogen-bond acceptors (Lipinski definition) is 8. The van der Waals surface area contributed by atoms with Gasteiger partial charge in [0, 0.05) is 13.2 Å². The van der Waals surface area contributed by atoms with Gasteiger partial charge in [0.25, 0.3) is 0 Å². The Morgan fingerprint density at radius 1 is 1.54 bits per heavy atom. The molecule has 1 amide bonds. The zero-order valence-electron chi connectivity index (χ0n) is 13.0. The molecular formula is C14H19N5O5. The highest BCUT2D eigenvalue weighted by molar-refractivity contribution is 5.84. The third-order valence-electron chi connectivity index (χ3n) is 3.97. The van der Waals surface area contributed by atoms with Gasteiger partial charge < -0.3 is 35.3 Å². The minimum absolute atomic E-state index is 0.243. The van der Waals surface area contributed by atoms with Crippen LogP contribution in [0.3, 0.4) is 0 Å². The van der Waals surface area contributed by atoms with Gasteiger partial charge in [-0.1, -0.05) is 0 Å². The molecule has 5 N–H and O–H groups in total. The van der Waals surface area contributed by atoms with E-state index in [1.165, 1.54) is 19.6 Å². The average Bonchev–Trinajstić information content (AvgIpc) is 3.14. The molecule has 2 aromatic rings. The zero-order chi connectivity index (χ0) is 17.3. The monoisotopic (exact) mass is 337 g/mol. The maximum absolute atomic E-state index is 11.4. The number of aliphatic hydroxyl groups excluding tert-OH is 2. The van der Waals surface area contributed by atoms with Crippen LogP contribution in [0.2, 0.25) is 0 Å². The van der Waals surface area contributed by atoms with Crippen molar-refractivity contribution < 1.29 is 24.5 Å². The van der Waals surface area contributed by atoms with Crippen LogP contribution in [0.25, 0.3) is 11.0 Å². The summed E-state index contributed by atoms with van der Waals surface area (Å²) in [6.45, 7) is -0.625. The van der Waals surface area contributed by atoms with E-state index >= 15 is 0 Å². The van der Waals surface area contributed by atoms with Gasteiger partial charge in [-0.3, -0.25) is 4.79 Å². The lowest BCUT2D eigenvalue weighted by Gasteiger charge is -2.22. The third-order valence-corrected chi connectivity index (χ3v) is 3.97.